The third-order valence-corrected chi connectivity index (χ3v) is 6.72. The third kappa shape index (κ3) is 16.3. The van der Waals surface area contributed by atoms with Gasteiger partial charge >= 0.3 is 7.60 Å². The molecule has 0 aliphatic carbocycles. The van der Waals surface area contributed by atoms with Gasteiger partial charge in [-0.25, -0.2) is 0 Å². The Morgan fingerprint density at radius 1 is 0.733 bits per heavy atom. The van der Waals surface area contributed by atoms with Crippen LogP contribution in [0.25, 0.3) is 0 Å². The molecule has 0 amide bonds. The SMILES string of the molecule is CCCC/C=C\CCCCCC/C=C\CCCCCC(O)(C[N+](C)(C)C)P(=O)(O)O. The summed E-state index contributed by atoms with van der Waals surface area (Å²) < 4.78 is 12.1. The van der Waals surface area contributed by atoms with Gasteiger partial charge in [-0.2, -0.15) is 0 Å². The van der Waals surface area contributed by atoms with Crippen LogP contribution in [0, 0.1) is 0 Å². The summed E-state index contributed by atoms with van der Waals surface area (Å²) in [7, 11) is 0.938. The Kier molecular flexibility index (Phi) is 16.0. The molecule has 0 aromatic heterocycles. The van der Waals surface area contributed by atoms with Gasteiger partial charge < -0.3 is 19.4 Å². The first-order valence-electron chi connectivity index (χ1n) is 11.9. The van der Waals surface area contributed by atoms with E-state index in [0.29, 0.717) is 10.9 Å². The standard InChI is InChI=1S/C24H48NO4P/c1-5-6-7-8-9-10-11-12-13-14-15-16-17-18-19-20-21-22-24(26,30(27,28)29)23-25(2,3)4/h8-9,16-17,26H,5-7,10-15,18-23H2,1-4H3,(H-,27,28,29)/p+1/b9-8-,17-16-. The molecule has 0 fully saturated rings. The molecule has 0 radical (unpaired) electrons. The summed E-state index contributed by atoms with van der Waals surface area (Å²) in [6, 6.07) is 0. The van der Waals surface area contributed by atoms with E-state index in [4.69, 9.17) is 0 Å². The fourth-order valence-corrected chi connectivity index (χ4v) is 4.65. The van der Waals surface area contributed by atoms with Crippen molar-refractivity contribution in [2.45, 2.75) is 102 Å². The van der Waals surface area contributed by atoms with Gasteiger partial charge in [-0.1, -0.05) is 63.3 Å². The summed E-state index contributed by atoms with van der Waals surface area (Å²) in [5.41, 5.74) is 0. The van der Waals surface area contributed by atoms with Crippen LogP contribution in [0.5, 0.6) is 0 Å². The van der Waals surface area contributed by atoms with Crippen LogP contribution in [0.4, 0.5) is 0 Å². The van der Waals surface area contributed by atoms with Gasteiger partial charge in [0.05, 0.1) is 21.1 Å². The molecule has 6 heteroatoms. The molecule has 0 spiro atoms. The summed E-state index contributed by atoms with van der Waals surface area (Å²) in [4.78, 5) is 19.1. The van der Waals surface area contributed by atoms with Gasteiger partial charge in [0.1, 0.15) is 6.54 Å². The highest BCUT2D eigenvalue weighted by atomic mass is 31.2. The van der Waals surface area contributed by atoms with Gasteiger partial charge in [0.15, 0.2) is 0 Å². The van der Waals surface area contributed by atoms with Crippen molar-refractivity contribution in [1.82, 2.24) is 0 Å². The molecular weight excluding hydrogens is 397 g/mol. The van der Waals surface area contributed by atoms with E-state index in [1.165, 1.54) is 51.4 Å². The summed E-state index contributed by atoms with van der Waals surface area (Å²) in [6.45, 7) is 2.28. The van der Waals surface area contributed by atoms with Crippen molar-refractivity contribution in [3.8, 4) is 0 Å². The fraction of sp³-hybridized carbons (Fsp3) is 0.833. The number of hydrogen-bond acceptors (Lipinski definition) is 2. The topological polar surface area (TPSA) is 77.8 Å². The lowest BCUT2D eigenvalue weighted by Crippen LogP contribution is -2.49. The predicted molar refractivity (Wildman–Crippen MR) is 128 cm³/mol. The van der Waals surface area contributed by atoms with E-state index in [9.17, 15) is 19.5 Å². The van der Waals surface area contributed by atoms with E-state index in [-0.39, 0.29) is 13.0 Å². The van der Waals surface area contributed by atoms with Crippen LogP contribution in [-0.4, -0.2) is 52.4 Å². The van der Waals surface area contributed by atoms with Gasteiger partial charge in [-0.15, -0.1) is 0 Å². The number of unbranched alkanes of at least 4 members (excludes halogenated alkanes) is 10. The molecular formula is C24H49NO4P+. The Labute approximate surface area is 186 Å². The maximum Gasteiger partial charge on any atom is 0.362 e. The second-order valence-corrected chi connectivity index (χ2v) is 11.6. The molecule has 0 bridgehead atoms. The minimum Gasteiger partial charge on any atom is -0.373 e. The Morgan fingerprint density at radius 2 is 1.13 bits per heavy atom. The lowest BCUT2D eigenvalue weighted by Gasteiger charge is -2.35. The Bertz CT molecular complexity index is 522. The molecule has 30 heavy (non-hydrogen) atoms. The van der Waals surface area contributed by atoms with E-state index in [1.54, 1.807) is 0 Å². The van der Waals surface area contributed by atoms with Crippen molar-refractivity contribution in [3.05, 3.63) is 24.3 Å². The molecule has 1 unspecified atom stereocenters. The molecule has 0 saturated heterocycles. The maximum absolute atomic E-state index is 11.8. The first-order valence-corrected chi connectivity index (χ1v) is 13.5. The van der Waals surface area contributed by atoms with Crippen LogP contribution in [0.2, 0.25) is 0 Å². The predicted octanol–water partition coefficient (Wildman–Crippen LogP) is 6.15. The van der Waals surface area contributed by atoms with E-state index in [2.05, 4.69) is 31.2 Å². The number of aliphatic hydroxyl groups is 1. The number of hydrogen-bond donors (Lipinski definition) is 3. The summed E-state index contributed by atoms with van der Waals surface area (Å²) >= 11 is 0. The lowest BCUT2D eigenvalue weighted by molar-refractivity contribution is -0.875. The van der Waals surface area contributed by atoms with Crippen molar-refractivity contribution in [3.63, 3.8) is 0 Å². The van der Waals surface area contributed by atoms with Crippen LogP contribution in [0.1, 0.15) is 96.8 Å². The molecule has 0 saturated carbocycles. The molecule has 0 aliphatic rings. The summed E-state index contributed by atoms with van der Waals surface area (Å²) in [5, 5.41) is 8.59. The lowest BCUT2D eigenvalue weighted by atomic mass is 10.1. The molecule has 0 rings (SSSR count). The Balaban J connectivity index is 3.75. The minimum absolute atomic E-state index is 0.0479. The van der Waals surface area contributed by atoms with E-state index >= 15 is 0 Å². The minimum atomic E-state index is -4.55. The van der Waals surface area contributed by atoms with Crippen LogP contribution >= 0.6 is 7.60 Å². The van der Waals surface area contributed by atoms with Crippen molar-refractivity contribution in [2.24, 2.45) is 0 Å². The molecule has 0 aromatic rings. The van der Waals surface area contributed by atoms with Crippen LogP contribution < -0.4 is 0 Å². The second kappa shape index (κ2) is 16.2. The smallest absolute Gasteiger partial charge is 0.362 e. The van der Waals surface area contributed by atoms with Crippen LogP contribution in [0.15, 0.2) is 24.3 Å². The highest BCUT2D eigenvalue weighted by Crippen LogP contribution is 2.52. The number of likely N-dealkylation sites (N-methyl/N-ethyl adjacent to an activating group) is 1. The monoisotopic (exact) mass is 446 g/mol. The number of nitrogens with zero attached hydrogens (tertiary/aromatic N) is 1. The number of quaternary nitrogens is 1. The van der Waals surface area contributed by atoms with Gasteiger partial charge in [0.2, 0.25) is 5.34 Å². The molecule has 5 nitrogen and oxygen atoms in total. The number of rotatable bonds is 19. The molecule has 0 aromatic carbocycles. The van der Waals surface area contributed by atoms with E-state index in [0.717, 1.165) is 25.7 Å². The maximum atomic E-state index is 11.8. The Hall–Kier alpha value is -0.450. The molecule has 3 N–H and O–H groups in total. The molecule has 0 aliphatic heterocycles. The number of allylic oxidation sites excluding steroid dienone is 4. The van der Waals surface area contributed by atoms with Gasteiger partial charge in [-0.3, -0.25) is 4.57 Å². The fourth-order valence-electron chi connectivity index (χ4n) is 3.59. The molecule has 0 heterocycles. The second-order valence-electron chi connectivity index (χ2n) is 9.65. The average molecular weight is 447 g/mol. The quantitative estimate of drug-likeness (QED) is 0.0962. The van der Waals surface area contributed by atoms with E-state index in [1.807, 2.05) is 21.1 Å². The average Bonchev–Trinajstić information content (AvgIpc) is 2.62. The first kappa shape index (κ1) is 29.5. The van der Waals surface area contributed by atoms with Crippen molar-refractivity contribution >= 4 is 7.60 Å². The van der Waals surface area contributed by atoms with E-state index < -0.39 is 12.9 Å². The first-order chi connectivity index (χ1) is 14.0. The summed E-state index contributed by atoms with van der Waals surface area (Å²) in [5.74, 6) is 0. The van der Waals surface area contributed by atoms with Crippen molar-refractivity contribution < 1.29 is 23.9 Å². The van der Waals surface area contributed by atoms with Gasteiger partial charge in [0.25, 0.3) is 0 Å². The van der Waals surface area contributed by atoms with Crippen LogP contribution in [0.3, 0.4) is 0 Å². The van der Waals surface area contributed by atoms with Crippen molar-refractivity contribution in [2.75, 3.05) is 27.7 Å². The highest BCUT2D eigenvalue weighted by Gasteiger charge is 2.48. The third-order valence-electron chi connectivity index (χ3n) is 5.27. The van der Waals surface area contributed by atoms with Crippen molar-refractivity contribution in [1.29, 1.82) is 0 Å². The summed E-state index contributed by atoms with van der Waals surface area (Å²) in [6.07, 6.45) is 24.0. The van der Waals surface area contributed by atoms with Crippen LogP contribution in [-0.2, 0) is 4.57 Å². The zero-order valence-electron chi connectivity index (χ0n) is 20.1. The molecule has 178 valence electrons. The zero-order chi connectivity index (χ0) is 22.9. The largest absolute Gasteiger partial charge is 0.373 e. The normalized spacial score (nSPS) is 15.3. The highest BCUT2D eigenvalue weighted by molar-refractivity contribution is 7.53. The Morgan fingerprint density at radius 3 is 1.50 bits per heavy atom. The zero-order valence-corrected chi connectivity index (χ0v) is 21.0. The van der Waals surface area contributed by atoms with Gasteiger partial charge in [-0.05, 0) is 57.8 Å². The van der Waals surface area contributed by atoms with Gasteiger partial charge in [0, 0.05) is 0 Å². The molecule has 1 atom stereocenters.